The fourth-order valence-corrected chi connectivity index (χ4v) is 2.84. The summed E-state index contributed by atoms with van der Waals surface area (Å²) in [5.41, 5.74) is 0.961. The first kappa shape index (κ1) is 10.3. The molecule has 0 radical (unpaired) electrons. The Hall–Kier alpha value is -1.23. The number of hydrogen-bond acceptors (Lipinski definition) is 4. The lowest BCUT2D eigenvalue weighted by molar-refractivity contribution is 0.475. The van der Waals surface area contributed by atoms with Crippen molar-refractivity contribution < 1.29 is 13.5 Å². The predicted octanol–water partition coefficient (Wildman–Crippen LogP) is 0.627. The Morgan fingerprint density at radius 2 is 1.60 bits per heavy atom. The summed E-state index contributed by atoms with van der Waals surface area (Å²) in [6.45, 7) is 1.07. The molecule has 1 N–H and O–H groups in total. The van der Waals surface area contributed by atoms with Crippen molar-refractivity contribution in [2.45, 2.75) is 0 Å². The lowest BCUT2D eigenvalue weighted by atomic mass is 10.2. The maximum atomic E-state index is 11.2. The van der Waals surface area contributed by atoms with E-state index in [0.29, 0.717) is 13.1 Å². The van der Waals surface area contributed by atoms with Crippen molar-refractivity contribution in [1.29, 1.82) is 0 Å². The van der Waals surface area contributed by atoms with E-state index in [2.05, 4.69) is 0 Å². The second-order valence-electron chi connectivity index (χ2n) is 3.66. The molecule has 2 rings (SSSR count). The zero-order chi connectivity index (χ0) is 10.9. The molecule has 1 aromatic carbocycles. The monoisotopic (exact) mass is 227 g/mol. The molecule has 0 amide bonds. The molecule has 0 aliphatic carbocycles. The Morgan fingerprint density at radius 3 is 2.13 bits per heavy atom. The van der Waals surface area contributed by atoms with Gasteiger partial charge in [-0.2, -0.15) is 0 Å². The maximum Gasteiger partial charge on any atom is 0.153 e. The molecule has 1 fully saturated rings. The van der Waals surface area contributed by atoms with Gasteiger partial charge in [0.1, 0.15) is 5.75 Å². The lowest BCUT2D eigenvalue weighted by Gasteiger charge is -2.28. The third-order valence-electron chi connectivity index (χ3n) is 2.56. The summed E-state index contributed by atoms with van der Waals surface area (Å²) in [6.07, 6.45) is 0. The quantitative estimate of drug-likeness (QED) is 0.764. The van der Waals surface area contributed by atoms with Crippen molar-refractivity contribution in [2.75, 3.05) is 29.5 Å². The van der Waals surface area contributed by atoms with Gasteiger partial charge in [0.25, 0.3) is 0 Å². The smallest absolute Gasteiger partial charge is 0.153 e. The fraction of sp³-hybridized carbons (Fsp3) is 0.400. The highest BCUT2D eigenvalue weighted by Gasteiger charge is 2.21. The minimum absolute atomic E-state index is 0.216. The third-order valence-corrected chi connectivity index (χ3v) is 4.17. The van der Waals surface area contributed by atoms with Crippen molar-refractivity contribution in [3.05, 3.63) is 24.3 Å². The number of benzene rings is 1. The molecule has 0 unspecified atom stereocenters. The molecule has 4 nitrogen and oxygen atoms in total. The molecule has 1 aliphatic rings. The van der Waals surface area contributed by atoms with E-state index in [4.69, 9.17) is 5.11 Å². The van der Waals surface area contributed by atoms with Crippen LogP contribution >= 0.6 is 0 Å². The summed E-state index contributed by atoms with van der Waals surface area (Å²) in [6, 6.07) is 6.82. The van der Waals surface area contributed by atoms with E-state index in [9.17, 15) is 8.42 Å². The Morgan fingerprint density at radius 1 is 1.07 bits per heavy atom. The number of phenolic OH excluding ortho intramolecular Hbond substituents is 1. The molecule has 0 atom stereocenters. The summed E-state index contributed by atoms with van der Waals surface area (Å²) >= 11 is 0. The first-order valence-corrected chi connectivity index (χ1v) is 6.63. The van der Waals surface area contributed by atoms with Crippen LogP contribution in [-0.4, -0.2) is 38.1 Å². The van der Waals surface area contributed by atoms with E-state index in [1.54, 1.807) is 24.3 Å². The van der Waals surface area contributed by atoms with Crippen molar-refractivity contribution in [2.24, 2.45) is 0 Å². The normalized spacial score (nSPS) is 20.1. The van der Waals surface area contributed by atoms with Crippen LogP contribution in [0.15, 0.2) is 24.3 Å². The first-order chi connectivity index (χ1) is 7.07. The van der Waals surface area contributed by atoms with Crippen molar-refractivity contribution in [3.8, 4) is 5.75 Å². The van der Waals surface area contributed by atoms with Crippen LogP contribution in [-0.2, 0) is 9.84 Å². The zero-order valence-corrected chi connectivity index (χ0v) is 9.07. The molecule has 82 valence electrons. The van der Waals surface area contributed by atoms with Gasteiger partial charge in [-0.25, -0.2) is 8.42 Å². The Labute approximate surface area is 89.1 Å². The molecule has 0 bridgehead atoms. The van der Waals surface area contributed by atoms with Crippen LogP contribution < -0.4 is 4.90 Å². The number of rotatable bonds is 1. The Bertz CT molecular complexity index is 424. The van der Waals surface area contributed by atoms with Gasteiger partial charge in [-0.1, -0.05) is 0 Å². The van der Waals surface area contributed by atoms with Crippen molar-refractivity contribution >= 4 is 15.5 Å². The van der Waals surface area contributed by atoms with Crippen molar-refractivity contribution in [3.63, 3.8) is 0 Å². The molecule has 15 heavy (non-hydrogen) atoms. The molecular weight excluding hydrogens is 214 g/mol. The van der Waals surface area contributed by atoms with E-state index in [1.165, 1.54) is 0 Å². The van der Waals surface area contributed by atoms with Crippen molar-refractivity contribution in [1.82, 2.24) is 0 Å². The second-order valence-corrected chi connectivity index (χ2v) is 5.96. The molecular formula is C10H13NO3S. The van der Waals surface area contributed by atoms with Gasteiger partial charge in [0.15, 0.2) is 9.84 Å². The summed E-state index contributed by atoms with van der Waals surface area (Å²) in [7, 11) is -2.82. The predicted molar refractivity (Wildman–Crippen MR) is 59.0 cm³/mol. The molecule has 1 aromatic rings. The second kappa shape index (κ2) is 3.73. The number of phenols is 1. The minimum Gasteiger partial charge on any atom is -0.508 e. The lowest BCUT2D eigenvalue weighted by Crippen LogP contribution is -2.40. The van der Waals surface area contributed by atoms with Gasteiger partial charge in [-0.3, -0.25) is 0 Å². The summed E-state index contributed by atoms with van der Waals surface area (Å²) in [5, 5.41) is 9.12. The van der Waals surface area contributed by atoms with Gasteiger partial charge in [-0.05, 0) is 24.3 Å². The average Bonchev–Trinajstić information content (AvgIpc) is 2.20. The van der Waals surface area contributed by atoms with Crippen LogP contribution in [0, 0.1) is 0 Å². The SMILES string of the molecule is O=S1(=O)CCN(c2ccc(O)cc2)CC1. The van der Waals surface area contributed by atoms with Crippen LogP contribution in [0.5, 0.6) is 5.75 Å². The highest BCUT2D eigenvalue weighted by molar-refractivity contribution is 7.91. The molecule has 0 saturated carbocycles. The summed E-state index contributed by atoms with van der Waals surface area (Å²) < 4.78 is 22.4. The largest absolute Gasteiger partial charge is 0.508 e. The highest BCUT2D eigenvalue weighted by Crippen LogP contribution is 2.20. The highest BCUT2D eigenvalue weighted by atomic mass is 32.2. The van der Waals surface area contributed by atoms with Gasteiger partial charge in [0, 0.05) is 18.8 Å². The van der Waals surface area contributed by atoms with Crippen LogP contribution in [0.3, 0.4) is 0 Å². The number of hydrogen-bond donors (Lipinski definition) is 1. The van der Waals surface area contributed by atoms with E-state index < -0.39 is 9.84 Å². The number of sulfone groups is 1. The minimum atomic E-state index is -2.82. The van der Waals surface area contributed by atoms with E-state index in [-0.39, 0.29) is 17.3 Å². The average molecular weight is 227 g/mol. The van der Waals surface area contributed by atoms with Gasteiger partial charge in [0.2, 0.25) is 0 Å². The van der Waals surface area contributed by atoms with Gasteiger partial charge in [0.05, 0.1) is 11.5 Å². The standard InChI is InChI=1S/C10H13NO3S/c12-10-3-1-9(2-4-10)11-5-7-15(13,14)8-6-11/h1-4,12H,5-8H2. The number of anilines is 1. The topological polar surface area (TPSA) is 57.6 Å². The van der Waals surface area contributed by atoms with E-state index in [1.807, 2.05) is 4.90 Å². The third kappa shape index (κ3) is 2.41. The zero-order valence-electron chi connectivity index (χ0n) is 8.26. The first-order valence-electron chi connectivity index (χ1n) is 4.81. The molecule has 5 heteroatoms. The van der Waals surface area contributed by atoms with Gasteiger partial charge in [-0.15, -0.1) is 0 Å². The molecule has 0 aromatic heterocycles. The summed E-state index contributed by atoms with van der Waals surface area (Å²) in [4.78, 5) is 2.01. The Balaban J connectivity index is 2.11. The number of nitrogens with zero attached hydrogens (tertiary/aromatic N) is 1. The molecule has 1 aliphatic heterocycles. The molecule has 1 heterocycles. The van der Waals surface area contributed by atoms with Gasteiger partial charge >= 0.3 is 0 Å². The van der Waals surface area contributed by atoms with Crippen LogP contribution in [0.4, 0.5) is 5.69 Å². The van der Waals surface area contributed by atoms with Crippen LogP contribution in [0.1, 0.15) is 0 Å². The van der Waals surface area contributed by atoms with E-state index in [0.717, 1.165) is 5.69 Å². The van der Waals surface area contributed by atoms with Gasteiger partial charge < -0.3 is 10.0 Å². The maximum absolute atomic E-state index is 11.2. The van der Waals surface area contributed by atoms with Crippen LogP contribution in [0.25, 0.3) is 0 Å². The number of aromatic hydroxyl groups is 1. The molecule has 0 spiro atoms. The Kier molecular flexibility index (Phi) is 2.56. The molecule has 1 saturated heterocycles. The fourth-order valence-electron chi connectivity index (χ4n) is 1.63. The van der Waals surface area contributed by atoms with Crippen LogP contribution in [0.2, 0.25) is 0 Å². The summed E-state index contributed by atoms with van der Waals surface area (Å²) in [5.74, 6) is 0.658. The van der Waals surface area contributed by atoms with E-state index >= 15 is 0 Å².